The Bertz CT molecular complexity index is 1350. The minimum atomic E-state index is -0.936. The number of hydrogen-bond donors (Lipinski definition) is 4. The summed E-state index contributed by atoms with van der Waals surface area (Å²) in [5.74, 6) is -0.362. The number of aliphatic hydroxyl groups is 3. The fourth-order valence-corrected chi connectivity index (χ4v) is 13.6. The third kappa shape index (κ3) is 5.51. The first kappa shape index (κ1) is 38.3. The van der Waals surface area contributed by atoms with E-state index in [9.17, 15) is 24.9 Å². The number of carbonyl (C=O) groups excluding carboxylic acids is 2. The van der Waals surface area contributed by atoms with Gasteiger partial charge < -0.3 is 34.8 Å². The summed E-state index contributed by atoms with van der Waals surface area (Å²) in [6, 6.07) is -0.823. The minimum Gasteiger partial charge on any atom is -0.460 e. The van der Waals surface area contributed by atoms with Crippen LogP contribution in [0, 0.1) is 50.7 Å². The maximum absolute atomic E-state index is 13.8. The Hall–Kier alpha value is -1.42. The van der Waals surface area contributed by atoms with Gasteiger partial charge in [-0.15, -0.1) is 0 Å². The molecule has 14 unspecified atom stereocenters. The highest BCUT2D eigenvalue weighted by Crippen LogP contribution is 2.89. The predicted molar refractivity (Wildman–Crippen MR) is 191 cm³/mol. The maximum atomic E-state index is 13.8. The van der Waals surface area contributed by atoms with Crippen molar-refractivity contribution in [2.24, 2.45) is 50.7 Å². The second kappa shape index (κ2) is 11.8. The van der Waals surface area contributed by atoms with Gasteiger partial charge in [-0.1, -0.05) is 48.0 Å². The molecule has 0 radical (unpaired) electrons. The van der Waals surface area contributed by atoms with Crippen LogP contribution in [0.5, 0.6) is 0 Å². The second-order valence-electron chi connectivity index (χ2n) is 20.8. The van der Waals surface area contributed by atoms with Crippen molar-refractivity contribution in [3.05, 3.63) is 0 Å². The summed E-state index contributed by atoms with van der Waals surface area (Å²) < 4.78 is 18.6. The van der Waals surface area contributed by atoms with Crippen LogP contribution < -0.4 is 5.32 Å². The number of aliphatic hydroxyl groups excluding tert-OH is 2. The number of ether oxygens (including phenoxy) is 3. The lowest BCUT2D eigenvalue weighted by molar-refractivity contribution is -0.218. The Balaban J connectivity index is 1.23. The Kier molecular flexibility index (Phi) is 9.03. The van der Waals surface area contributed by atoms with Crippen LogP contribution in [0.2, 0.25) is 0 Å². The molecule has 1 saturated heterocycles. The Morgan fingerprint density at radius 3 is 2.14 bits per heavy atom. The first-order valence-corrected chi connectivity index (χ1v) is 19.8. The molecule has 2 spiro atoms. The van der Waals surface area contributed by atoms with Gasteiger partial charge in [-0.2, -0.15) is 0 Å². The molecule has 0 aromatic rings. The lowest BCUT2D eigenvalue weighted by Crippen LogP contribution is -2.63. The summed E-state index contributed by atoms with van der Waals surface area (Å²) >= 11 is 0. The quantitative estimate of drug-likeness (QED) is 0.210. The molecule has 4 N–H and O–H groups in total. The van der Waals surface area contributed by atoms with Crippen LogP contribution in [0.3, 0.4) is 0 Å². The van der Waals surface area contributed by atoms with Gasteiger partial charge in [0.1, 0.15) is 17.7 Å². The number of esters is 1. The zero-order valence-electron chi connectivity index (χ0n) is 33.2. The van der Waals surface area contributed by atoms with E-state index in [1.165, 1.54) is 0 Å². The molecule has 1 amide bonds. The van der Waals surface area contributed by atoms with Crippen LogP contribution >= 0.6 is 0 Å². The van der Waals surface area contributed by atoms with E-state index in [0.29, 0.717) is 19.3 Å². The third-order valence-electron chi connectivity index (χ3n) is 16.1. The summed E-state index contributed by atoms with van der Waals surface area (Å²) in [5, 5.41) is 37.9. The molecule has 1 aliphatic heterocycles. The molecule has 14 atom stereocenters. The second-order valence-corrected chi connectivity index (χ2v) is 20.8. The Morgan fingerprint density at radius 1 is 0.900 bits per heavy atom. The normalized spacial score (nSPS) is 47.5. The molecule has 5 saturated carbocycles. The molecule has 50 heavy (non-hydrogen) atoms. The van der Waals surface area contributed by atoms with Gasteiger partial charge in [0.2, 0.25) is 0 Å². The number of hydrogen-bond acceptors (Lipinski definition) is 8. The van der Waals surface area contributed by atoms with E-state index in [2.05, 4.69) is 39.9 Å². The molecule has 6 fully saturated rings. The van der Waals surface area contributed by atoms with E-state index in [1.807, 2.05) is 27.7 Å². The summed E-state index contributed by atoms with van der Waals surface area (Å²) in [6.45, 7) is 24.3. The van der Waals surface area contributed by atoms with Crippen LogP contribution in [0.25, 0.3) is 0 Å². The number of nitrogens with one attached hydrogen (secondary N) is 1. The fraction of sp³-hybridized carbons (Fsp3) is 0.951. The average Bonchev–Trinajstić information content (AvgIpc) is 3.32. The SMILES string of the molecule is CCC(C)C(NC(=O)OC(C)(C)C)C(=O)OC1CCC23CC24CCC2(C)C(C5(C)CCC(C(C)(C)O)O5)C(O)CC2(C)C4CC(O)C3C1(C)C. The number of amides is 1. The number of carbonyl (C=O) groups is 2. The highest BCUT2D eigenvalue weighted by molar-refractivity contribution is 5.82. The molecule has 0 bridgehead atoms. The summed E-state index contributed by atoms with van der Waals surface area (Å²) in [6.07, 6.45) is 6.12. The van der Waals surface area contributed by atoms with E-state index in [4.69, 9.17) is 14.2 Å². The minimum absolute atomic E-state index is 0.0167. The highest BCUT2D eigenvalue weighted by Gasteiger charge is 2.85. The van der Waals surface area contributed by atoms with Gasteiger partial charge >= 0.3 is 12.1 Å². The molecule has 6 rings (SSSR count). The first-order chi connectivity index (χ1) is 22.8. The highest BCUT2D eigenvalue weighted by atomic mass is 16.6. The molecule has 0 aromatic carbocycles. The van der Waals surface area contributed by atoms with Crippen molar-refractivity contribution in [1.29, 1.82) is 0 Å². The lowest BCUT2D eigenvalue weighted by Gasteiger charge is -2.64. The summed E-state index contributed by atoms with van der Waals surface area (Å²) in [7, 11) is 0. The van der Waals surface area contributed by atoms with Crippen LogP contribution in [-0.4, -0.2) is 74.6 Å². The standard InChI is InChI=1S/C41H69NO8/c1-13-23(2)29(42-33(46)50-34(3,4)5)32(45)48-27-15-17-41-22-40(41)19-18-37(10)31(39(12)16-14-28(49-39)36(8,9)47)25(44)21-38(37,11)26(40)20-24(43)30(41)35(27,6)7/h23-31,43-44,47H,13-22H2,1-12H3,(H,42,46). The van der Waals surface area contributed by atoms with Crippen LogP contribution in [0.1, 0.15) is 147 Å². The van der Waals surface area contributed by atoms with Crippen molar-refractivity contribution in [2.45, 2.75) is 195 Å². The largest absolute Gasteiger partial charge is 0.460 e. The van der Waals surface area contributed by atoms with Crippen LogP contribution in [0.4, 0.5) is 4.79 Å². The molecule has 1 heterocycles. The number of alkyl carbamates (subject to hydrolysis) is 1. The van der Waals surface area contributed by atoms with Crippen molar-refractivity contribution in [3.8, 4) is 0 Å². The Labute approximate surface area is 301 Å². The predicted octanol–water partition coefficient (Wildman–Crippen LogP) is 6.93. The van der Waals surface area contributed by atoms with Gasteiger partial charge in [-0.3, -0.25) is 0 Å². The first-order valence-electron chi connectivity index (χ1n) is 19.8. The molecule has 0 aromatic heterocycles. The molecular formula is C41H69NO8. The van der Waals surface area contributed by atoms with Crippen molar-refractivity contribution in [3.63, 3.8) is 0 Å². The monoisotopic (exact) mass is 704 g/mol. The van der Waals surface area contributed by atoms with Crippen LogP contribution in [-0.2, 0) is 19.0 Å². The molecule has 286 valence electrons. The van der Waals surface area contributed by atoms with Crippen molar-refractivity contribution in [1.82, 2.24) is 5.32 Å². The van der Waals surface area contributed by atoms with E-state index in [1.54, 1.807) is 20.8 Å². The Morgan fingerprint density at radius 2 is 1.56 bits per heavy atom. The number of fused-ring (bicyclic) bond motifs is 2. The molecular weight excluding hydrogens is 634 g/mol. The lowest BCUT2D eigenvalue weighted by atomic mass is 9.41. The smallest absolute Gasteiger partial charge is 0.408 e. The summed E-state index contributed by atoms with van der Waals surface area (Å²) in [5.41, 5.74) is -2.88. The van der Waals surface area contributed by atoms with Crippen molar-refractivity contribution >= 4 is 12.1 Å². The third-order valence-corrected chi connectivity index (χ3v) is 16.1. The van der Waals surface area contributed by atoms with Gasteiger partial charge in [-0.05, 0) is 139 Å². The number of rotatable bonds is 7. The molecule has 6 aliphatic rings. The van der Waals surface area contributed by atoms with E-state index >= 15 is 0 Å². The van der Waals surface area contributed by atoms with Gasteiger partial charge in [0.25, 0.3) is 0 Å². The van der Waals surface area contributed by atoms with Gasteiger partial charge in [0.15, 0.2) is 0 Å². The fourth-order valence-electron chi connectivity index (χ4n) is 13.6. The maximum Gasteiger partial charge on any atom is 0.408 e. The average molecular weight is 704 g/mol. The zero-order chi connectivity index (χ0) is 37.3. The van der Waals surface area contributed by atoms with Crippen molar-refractivity contribution in [2.75, 3.05) is 0 Å². The van der Waals surface area contributed by atoms with E-state index in [-0.39, 0.29) is 57.5 Å². The molecule has 5 aliphatic carbocycles. The van der Waals surface area contributed by atoms with Crippen molar-refractivity contribution < 1.29 is 39.1 Å². The summed E-state index contributed by atoms with van der Waals surface area (Å²) in [4.78, 5) is 26.6. The van der Waals surface area contributed by atoms with Gasteiger partial charge in [-0.25, -0.2) is 9.59 Å². The molecule has 9 nitrogen and oxygen atoms in total. The topological polar surface area (TPSA) is 135 Å². The van der Waals surface area contributed by atoms with Crippen LogP contribution in [0.15, 0.2) is 0 Å². The van der Waals surface area contributed by atoms with Gasteiger partial charge in [0.05, 0.1) is 29.5 Å². The molecule has 9 heteroatoms. The zero-order valence-corrected chi connectivity index (χ0v) is 33.2. The van der Waals surface area contributed by atoms with Gasteiger partial charge in [0, 0.05) is 11.3 Å². The van der Waals surface area contributed by atoms with E-state index < -0.39 is 52.5 Å². The van der Waals surface area contributed by atoms with E-state index in [0.717, 1.165) is 44.9 Å².